The van der Waals surface area contributed by atoms with Crippen molar-refractivity contribution in [1.82, 2.24) is 9.97 Å². The van der Waals surface area contributed by atoms with E-state index in [-0.39, 0.29) is 17.3 Å². The lowest BCUT2D eigenvalue weighted by Crippen LogP contribution is -2.50. The van der Waals surface area contributed by atoms with Crippen LogP contribution in [0.1, 0.15) is 43.0 Å². The molecule has 4 heteroatoms. The monoisotopic (exact) mass is 402 g/mol. The highest BCUT2D eigenvalue weighted by Gasteiger charge is 2.53. The fourth-order valence-corrected chi connectivity index (χ4v) is 5.73. The Balaban J connectivity index is 1.78. The van der Waals surface area contributed by atoms with Gasteiger partial charge in [0, 0.05) is 28.9 Å². The van der Waals surface area contributed by atoms with Crippen LogP contribution in [0.15, 0.2) is 60.7 Å². The van der Waals surface area contributed by atoms with Crippen LogP contribution in [-0.4, -0.2) is 15.8 Å². The lowest BCUT2D eigenvalue weighted by Gasteiger charge is -2.50. The fourth-order valence-electron chi connectivity index (χ4n) is 5.47. The molecule has 0 amide bonds. The molecular weight excluding hydrogens is 380 g/mol. The zero-order chi connectivity index (χ0) is 20.0. The van der Waals surface area contributed by atoms with Crippen LogP contribution < -0.4 is 0 Å². The summed E-state index contributed by atoms with van der Waals surface area (Å²) in [7, 11) is 0. The number of hydrogen-bond donors (Lipinski definition) is 0. The summed E-state index contributed by atoms with van der Waals surface area (Å²) in [6.45, 7) is 2.09. The number of halogens is 1. The summed E-state index contributed by atoms with van der Waals surface area (Å²) in [6.07, 6.45) is 3.11. The number of aromatic nitrogens is 2. The van der Waals surface area contributed by atoms with Crippen molar-refractivity contribution in [2.24, 2.45) is 11.8 Å². The van der Waals surface area contributed by atoms with Crippen LogP contribution in [0.25, 0.3) is 11.4 Å². The highest BCUT2D eigenvalue weighted by Crippen LogP contribution is 2.55. The van der Waals surface area contributed by atoms with Crippen LogP contribution >= 0.6 is 11.6 Å². The van der Waals surface area contributed by atoms with Crippen molar-refractivity contribution in [1.29, 1.82) is 0 Å². The molecule has 1 heterocycles. The maximum Gasteiger partial charge on any atom is 0.161 e. The van der Waals surface area contributed by atoms with Crippen LogP contribution in [0, 0.1) is 11.8 Å². The van der Waals surface area contributed by atoms with Crippen LogP contribution in [0.5, 0.6) is 0 Å². The molecular formula is C25H23ClN2O. The number of carbonyl (C=O) groups excluding carboxylic acids is 1. The minimum atomic E-state index is -0.293. The number of rotatable bonds is 2. The van der Waals surface area contributed by atoms with Crippen molar-refractivity contribution in [3.63, 3.8) is 0 Å². The van der Waals surface area contributed by atoms with Gasteiger partial charge in [0.05, 0.1) is 5.69 Å². The van der Waals surface area contributed by atoms with E-state index in [1.807, 2.05) is 36.4 Å². The minimum absolute atomic E-state index is 0.0195. The predicted octanol–water partition coefficient (Wildman–Crippen LogP) is 5.64. The number of carbonyl (C=O) groups is 1. The average Bonchev–Trinajstić information content (AvgIpc) is 2.77. The van der Waals surface area contributed by atoms with Gasteiger partial charge in [-0.2, -0.15) is 0 Å². The van der Waals surface area contributed by atoms with Gasteiger partial charge in [0.2, 0.25) is 0 Å². The first-order valence-corrected chi connectivity index (χ1v) is 10.7. The SMILES string of the molecule is CC1C(=O)CCC2(c3ccccc3)c3nc(-c4ccccc4)nc(Cl)c3CCC12. The summed E-state index contributed by atoms with van der Waals surface area (Å²) in [6, 6.07) is 20.6. The smallest absolute Gasteiger partial charge is 0.161 e. The maximum atomic E-state index is 12.6. The van der Waals surface area contributed by atoms with E-state index < -0.39 is 0 Å². The average molecular weight is 403 g/mol. The Bertz CT molecular complexity index is 1070. The lowest BCUT2D eigenvalue weighted by atomic mass is 9.53. The molecule has 2 aromatic carbocycles. The number of benzene rings is 2. The molecule has 3 unspecified atom stereocenters. The Morgan fingerprint density at radius 3 is 2.38 bits per heavy atom. The molecule has 146 valence electrons. The van der Waals surface area contributed by atoms with E-state index in [1.54, 1.807) is 0 Å². The van der Waals surface area contributed by atoms with E-state index in [9.17, 15) is 4.79 Å². The minimum Gasteiger partial charge on any atom is -0.299 e. The maximum absolute atomic E-state index is 12.6. The number of nitrogens with zero attached hydrogens (tertiary/aromatic N) is 2. The summed E-state index contributed by atoms with van der Waals surface area (Å²) < 4.78 is 0. The number of Topliss-reactive ketones (excluding diaryl/α,β-unsaturated/α-hetero) is 1. The Kier molecular flexibility index (Phi) is 4.51. The number of ketones is 1. The second-order valence-corrected chi connectivity index (χ2v) is 8.63. The number of hydrogen-bond acceptors (Lipinski definition) is 3. The first kappa shape index (κ1) is 18.5. The van der Waals surface area contributed by atoms with Crippen molar-refractivity contribution >= 4 is 17.4 Å². The summed E-state index contributed by atoms with van der Waals surface area (Å²) in [5.41, 5.74) is 3.98. The van der Waals surface area contributed by atoms with Gasteiger partial charge >= 0.3 is 0 Å². The van der Waals surface area contributed by atoms with Crippen LogP contribution in [0.4, 0.5) is 0 Å². The van der Waals surface area contributed by atoms with Gasteiger partial charge in [-0.25, -0.2) is 9.97 Å². The molecule has 5 rings (SSSR count). The Hall–Kier alpha value is -2.52. The van der Waals surface area contributed by atoms with Gasteiger partial charge in [0.25, 0.3) is 0 Å². The number of fused-ring (bicyclic) bond motifs is 3. The third kappa shape index (κ3) is 2.83. The second-order valence-electron chi connectivity index (χ2n) is 8.27. The zero-order valence-corrected chi connectivity index (χ0v) is 17.2. The molecule has 3 atom stereocenters. The normalized spacial score (nSPS) is 25.9. The van der Waals surface area contributed by atoms with E-state index in [4.69, 9.17) is 16.6 Å². The Morgan fingerprint density at radius 2 is 1.66 bits per heavy atom. The van der Waals surface area contributed by atoms with Crippen molar-refractivity contribution < 1.29 is 4.79 Å². The molecule has 1 saturated carbocycles. The molecule has 0 aliphatic heterocycles. The summed E-state index contributed by atoms with van der Waals surface area (Å²) in [5.74, 6) is 1.28. The highest BCUT2D eigenvalue weighted by molar-refractivity contribution is 6.30. The molecule has 2 aliphatic rings. The van der Waals surface area contributed by atoms with E-state index in [0.717, 1.165) is 36.1 Å². The van der Waals surface area contributed by atoms with Crippen molar-refractivity contribution in [3.8, 4) is 11.4 Å². The molecule has 3 aromatic rings. The van der Waals surface area contributed by atoms with Gasteiger partial charge in [0.15, 0.2) is 5.82 Å². The lowest BCUT2D eigenvalue weighted by molar-refractivity contribution is -0.128. The standard InChI is InChI=1S/C25H23ClN2O/c1-16-20-13-12-19-22(27-24(28-23(19)26)17-8-4-2-5-9-17)25(20,15-14-21(16)29)18-10-6-3-7-11-18/h2-11,16,20H,12-15H2,1H3. The van der Waals surface area contributed by atoms with E-state index in [1.165, 1.54) is 5.56 Å². The fraction of sp³-hybridized carbons (Fsp3) is 0.320. The molecule has 0 saturated heterocycles. The molecule has 3 nitrogen and oxygen atoms in total. The van der Waals surface area contributed by atoms with Gasteiger partial charge in [-0.05, 0) is 30.7 Å². The summed E-state index contributed by atoms with van der Waals surface area (Å²) >= 11 is 6.72. The molecule has 29 heavy (non-hydrogen) atoms. The molecule has 1 fully saturated rings. The van der Waals surface area contributed by atoms with Gasteiger partial charge in [-0.15, -0.1) is 0 Å². The van der Waals surface area contributed by atoms with E-state index >= 15 is 0 Å². The van der Waals surface area contributed by atoms with Gasteiger partial charge in [-0.3, -0.25) is 4.79 Å². The second kappa shape index (κ2) is 7.07. The van der Waals surface area contributed by atoms with E-state index in [2.05, 4.69) is 36.2 Å². The van der Waals surface area contributed by atoms with Crippen molar-refractivity contribution in [2.45, 2.75) is 38.0 Å². The van der Waals surface area contributed by atoms with Gasteiger partial charge in [-0.1, -0.05) is 79.2 Å². The topological polar surface area (TPSA) is 42.9 Å². The predicted molar refractivity (Wildman–Crippen MR) is 115 cm³/mol. The third-order valence-corrected chi connectivity index (χ3v) is 7.23. The van der Waals surface area contributed by atoms with Crippen molar-refractivity contribution in [2.75, 3.05) is 0 Å². The molecule has 0 N–H and O–H groups in total. The van der Waals surface area contributed by atoms with Crippen LogP contribution in [0.3, 0.4) is 0 Å². The van der Waals surface area contributed by atoms with Gasteiger partial charge < -0.3 is 0 Å². The largest absolute Gasteiger partial charge is 0.299 e. The quantitative estimate of drug-likeness (QED) is 0.520. The Morgan fingerprint density at radius 1 is 0.966 bits per heavy atom. The Labute approximate surface area is 176 Å². The van der Waals surface area contributed by atoms with Gasteiger partial charge in [0.1, 0.15) is 10.9 Å². The molecule has 2 aliphatic carbocycles. The van der Waals surface area contributed by atoms with Crippen LogP contribution in [-0.2, 0) is 16.6 Å². The first-order chi connectivity index (χ1) is 14.1. The first-order valence-electron chi connectivity index (χ1n) is 10.3. The molecule has 1 aromatic heterocycles. The molecule has 0 radical (unpaired) electrons. The summed E-state index contributed by atoms with van der Waals surface area (Å²) in [4.78, 5) is 22.4. The van der Waals surface area contributed by atoms with E-state index in [0.29, 0.717) is 23.2 Å². The molecule has 0 spiro atoms. The van der Waals surface area contributed by atoms with Crippen LogP contribution in [0.2, 0.25) is 5.15 Å². The van der Waals surface area contributed by atoms with Crippen molar-refractivity contribution in [3.05, 3.63) is 82.6 Å². The molecule has 0 bridgehead atoms. The highest BCUT2D eigenvalue weighted by atomic mass is 35.5. The summed E-state index contributed by atoms with van der Waals surface area (Å²) in [5, 5.41) is 0.548. The zero-order valence-electron chi connectivity index (χ0n) is 16.4. The third-order valence-electron chi connectivity index (χ3n) is 6.92.